The third-order valence-electron chi connectivity index (χ3n) is 10.1. The SMILES string of the molecule is CCCC(=O)N(C)[C@H](SCCN(C)C)C(=O)N(C)[C@@H](CC(C)C)C(=O)N[C@H](C(=O)N(C)[C@@H](CC(C)C)C(=O)NC(=O)N[C@H](C)C(=O)N(C)[C@@H](CC(C)C)C(=O)NC)C(C)C. The standard InChI is InChI=1S/C42H79N9O8S/c1-18-19-33(52)51(17)41(60-21-20-47(12)13)40(58)50(16)31(23-26(4)5)36(54)45-34(28(8)9)39(57)49(15)32(24-27(6)7)37(55)46-42(59)44-29(10)38(56)48(14)30(22-25(2)3)35(53)43-11/h25-32,34,41H,18-24H2,1-17H3,(H,43,53)(H,45,54)(H2,44,46,55,59)/t29-,30+,31+,32+,34+,41-/m1/s1. The number of thioether (sulfide) groups is 1. The van der Waals surface area contributed by atoms with E-state index in [4.69, 9.17) is 0 Å². The van der Waals surface area contributed by atoms with Crippen molar-refractivity contribution in [3.05, 3.63) is 0 Å². The number of hydrogen-bond donors (Lipinski definition) is 4. The molecule has 0 rings (SSSR count). The average Bonchev–Trinajstić information content (AvgIpc) is 3.15. The first kappa shape index (κ1) is 56.1. The van der Waals surface area contributed by atoms with Crippen molar-refractivity contribution in [2.75, 3.05) is 61.6 Å². The summed E-state index contributed by atoms with van der Waals surface area (Å²) in [6, 6.07) is -6.04. The molecule has 4 N–H and O–H groups in total. The van der Waals surface area contributed by atoms with Crippen molar-refractivity contribution in [3.8, 4) is 0 Å². The molecule has 60 heavy (non-hydrogen) atoms. The lowest BCUT2D eigenvalue weighted by atomic mass is 9.97. The summed E-state index contributed by atoms with van der Waals surface area (Å²) in [6.07, 6.45) is 1.74. The molecule has 0 aromatic rings. The van der Waals surface area contributed by atoms with Gasteiger partial charge >= 0.3 is 6.03 Å². The Labute approximate surface area is 364 Å². The lowest BCUT2D eigenvalue weighted by Crippen LogP contribution is -2.60. The zero-order valence-electron chi connectivity index (χ0n) is 39.6. The summed E-state index contributed by atoms with van der Waals surface area (Å²) in [4.78, 5) is 116. The van der Waals surface area contributed by atoms with Crippen molar-refractivity contribution in [1.29, 1.82) is 0 Å². The molecule has 0 heterocycles. The molecule has 0 aromatic heterocycles. The van der Waals surface area contributed by atoms with Crippen LogP contribution in [0.3, 0.4) is 0 Å². The molecule has 17 nitrogen and oxygen atoms in total. The maximum atomic E-state index is 14.3. The van der Waals surface area contributed by atoms with Gasteiger partial charge in [-0.2, -0.15) is 0 Å². The van der Waals surface area contributed by atoms with E-state index in [1.54, 1.807) is 20.9 Å². The second-order valence-electron chi connectivity index (χ2n) is 17.6. The Kier molecular flexibility index (Phi) is 25.3. The zero-order valence-corrected chi connectivity index (χ0v) is 40.5. The molecule has 0 unspecified atom stereocenters. The van der Waals surface area contributed by atoms with Crippen LogP contribution in [0.1, 0.15) is 101 Å². The highest BCUT2D eigenvalue weighted by Crippen LogP contribution is 2.23. The smallest absolute Gasteiger partial charge is 0.322 e. The van der Waals surface area contributed by atoms with Crippen molar-refractivity contribution in [2.24, 2.45) is 23.7 Å². The Hall–Kier alpha value is -3.93. The van der Waals surface area contributed by atoms with Crippen molar-refractivity contribution in [1.82, 2.24) is 45.8 Å². The second-order valence-corrected chi connectivity index (χ2v) is 18.8. The van der Waals surface area contributed by atoms with Gasteiger partial charge < -0.3 is 40.4 Å². The van der Waals surface area contributed by atoms with E-state index in [0.29, 0.717) is 25.1 Å². The summed E-state index contributed by atoms with van der Waals surface area (Å²) in [5.74, 6) is -3.27. The van der Waals surface area contributed by atoms with E-state index in [-0.39, 0.29) is 48.8 Å². The van der Waals surface area contributed by atoms with Crippen molar-refractivity contribution < 1.29 is 38.4 Å². The molecule has 6 atom stereocenters. The second kappa shape index (κ2) is 27.1. The van der Waals surface area contributed by atoms with Gasteiger partial charge in [0.05, 0.1) is 0 Å². The topological polar surface area (TPSA) is 201 Å². The number of amides is 9. The summed E-state index contributed by atoms with van der Waals surface area (Å²) >= 11 is 1.33. The Balaban J connectivity index is 6.37. The number of hydrogen-bond acceptors (Lipinski definition) is 10. The third-order valence-corrected chi connectivity index (χ3v) is 11.4. The van der Waals surface area contributed by atoms with Crippen LogP contribution in [-0.4, -0.2) is 169 Å². The quantitative estimate of drug-likeness (QED) is 0.0990. The molecular formula is C42H79N9O8S. The fourth-order valence-electron chi connectivity index (χ4n) is 6.46. The van der Waals surface area contributed by atoms with Crippen LogP contribution in [0.4, 0.5) is 4.79 Å². The molecule has 0 fully saturated rings. The largest absolute Gasteiger partial charge is 0.357 e. The molecule has 0 radical (unpaired) electrons. The predicted molar refractivity (Wildman–Crippen MR) is 237 cm³/mol. The van der Waals surface area contributed by atoms with Crippen LogP contribution in [0, 0.1) is 23.7 Å². The summed E-state index contributed by atoms with van der Waals surface area (Å²) in [6.45, 7) is 18.9. The predicted octanol–water partition coefficient (Wildman–Crippen LogP) is 2.59. The monoisotopic (exact) mass is 870 g/mol. The lowest BCUT2D eigenvalue weighted by molar-refractivity contribution is -0.147. The van der Waals surface area contributed by atoms with Gasteiger partial charge in [0.1, 0.15) is 30.2 Å². The molecule has 0 bridgehead atoms. The maximum Gasteiger partial charge on any atom is 0.322 e. The highest BCUT2D eigenvalue weighted by atomic mass is 32.2. The molecule has 0 aromatic carbocycles. The number of imide groups is 1. The van der Waals surface area contributed by atoms with Crippen LogP contribution >= 0.6 is 11.8 Å². The van der Waals surface area contributed by atoms with Gasteiger partial charge in [-0.1, -0.05) is 62.3 Å². The van der Waals surface area contributed by atoms with E-state index in [1.807, 2.05) is 67.5 Å². The molecule has 0 aliphatic rings. The summed E-state index contributed by atoms with van der Waals surface area (Å²) in [7, 11) is 11.4. The van der Waals surface area contributed by atoms with Crippen molar-refractivity contribution >= 4 is 59.1 Å². The molecule has 0 spiro atoms. The van der Waals surface area contributed by atoms with Crippen LogP contribution in [0.25, 0.3) is 0 Å². The van der Waals surface area contributed by atoms with Gasteiger partial charge in [-0.05, 0) is 70.4 Å². The maximum absolute atomic E-state index is 14.3. The molecule has 0 saturated carbocycles. The van der Waals surface area contributed by atoms with E-state index in [9.17, 15) is 38.4 Å². The number of nitrogens with zero attached hydrogens (tertiary/aromatic N) is 5. The summed E-state index contributed by atoms with van der Waals surface area (Å²) in [5.41, 5.74) is 0. The van der Waals surface area contributed by atoms with Gasteiger partial charge in [0.2, 0.25) is 29.5 Å². The normalized spacial score (nSPS) is 14.5. The summed E-state index contributed by atoms with van der Waals surface area (Å²) in [5, 5.41) is 9.33. The molecule has 0 aliphatic carbocycles. The number of urea groups is 1. The Morgan fingerprint density at radius 3 is 1.45 bits per heavy atom. The lowest BCUT2D eigenvalue weighted by Gasteiger charge is -2.37. The number of likely N-dealkylation sites (N-methyl/N-ethyl adjacent to an activating group) is 5. The first-order valence-electron chi connectivity index (χ1n) is 21.2. The van der Waals surface area contributed by atoms with Crippen LogP contribution in [0.2, 0.25) is 0 Å². The van der Waals surface area contributed by atoms with E-state index in [1.165, 1.54) is 66.5 Å². The van der Waals surface area contributed by atoms with Gasteiger partial charge in [0, 0.05) is 54.0 Å². The minimum atomic E-state index is -1.13. The highest BCUT2D eigenvalue weighted by Gasteiger charge is 2.39. The number of carbonyl (C=O) groups excluding carboxylic acids is 8. The Bertz CT molecular complexity index is 1440. The fraction of sp³-hybridized carbons (Fsp3) is 0.810. The Morgan fingerprint density at radius 2 is 1.02 bits per heavy atom. The van der Waals surface area contributed by atoms with Crippen LogP contribution in [0.5, 0.6) is 0 Å². The van der Waals surface area contributed by atoms with Crippen LogP contribution in [0.15, 0.2) is 0 Å². The molecule has 0 aliphatic heterocycles. The van der Waals surface area contributed by atoms with Crippen molar-refractivity contribution in [3.63, 3.8) is 0 Å². The first-order valence-corrected chi connectivity index (χ1v) is 22.2. The molecule has 9 amide bonds. The van der Waals surface area contributed by atoms with Crippen LogP contribution < -0.4 is 21.3 Å². The van der Waals surface area contributed by atoms with E-state index >= 15 is 0 Å². The molecule has 18 heteroatoms. The first-order chi connectivity index (χ1) is 27.7. The van der Waals surface area contributed by atoms with Crippen molar-refractivity contribution in [2.45, 2.75) is 137 Å². The van der Waals surface area contributed by atoms with Gasteiger partial charge in [-0.15, -0.1) is 11.8 Å². The average molecular weight is 870 g/mol. The van der Waals surface area contributed by atoms with Gasteiger partial charge in [-0.3, -0.25) is 38.9 Å². The number of carbonyl (C=O) groups is 8. The third kappa shape index (κ3) is 18.4. The van der Waals surface area contributed by atoms with Gasteiger partial charge in [0.15, 0.2) is 5.37 Å². The van der Waals surface area contributed by atoms with Crippen LogP contribution in [-0.2, 0) is 33.6 Å². The molecule has 346 valence electrons. The minimum Gasteiger partial charge on any atom is -0.357 e. The Morgan fingerprint density at radius 1 is 0.567 bits per heavy atom. The van der Waals surface area contributed by atoms with Gasteiger partial charge in [-0.25, -0.2) is 4.79 Å². The number of rotatable bonds is 25. The highest BCUT2D eigenvalue weighted by molar-refractivity contribution is 8.00. The molecular weight excluding hydrogens is 791 g/mol. The molecule has 0 saturated heterocycles. The fourth-order valence-corrected chi connectivity index (χ4v) is 7.80. The minimum absolute atomic E-state index is 0.0212. The van der Waals surface area contributed by atoms with E-state index in [0.717, 1.165) is 0 Å². The zero-order chi connectivity index (χ0) is 46.8. The summed E-state index contributed by atoms with van der Waals surface area (Å²) < 4.78 is 0. The number of nitrogens with one attached hydrogen (secondary N) is 4. The van der Waals surface area contributed by atoms with Gasteiger partial charge in [0.25, 0.3) is 11.8 Å². The van der Waals surface area contributed by atoms with E-state index < -0.39 is 77.1 Å². The van der Waals surface area contributed by atoms with E-state index in [2.05, 4.69) is 21.3 Å².